The lowest BCUT2D eigenvalue weighted by atomic mass is 10.1. The maximum Gasteiger partial charge on any atom is 0.314 e. The molecule has 2 aromatic carbocycles. The molecule has 0 spiro atoms. The molecule has 0 saturated carbocycles. The largest absolute Gasteiger partial charge is 0.447 e. The summed E-state index contributed by atoms with van der Waals surface area (Å²) in [4.78, 5) is 10.5. The molecule has 2 rings (SSSR count). The van der Waals surface area contributed by atoms with Gasteiger partial charge in [-0.2, -0.15) is 0 Å². The molecule has 0 fully saturated rings. The van der Waals surface area contributed by atoms with Crippen LogP contribution in [0.25, 0.3) is 0 Å². The van der Waals surface area contributed by atoms with E-state index < -0.39 is 17.3 Å². The molecule has 0 radical (unpaired) electrons. The van der Waals surface area contributed by atoms with Crippen molar-refractivity contribution in [2.45, 2.75) is 13.5 Å². The van der Waals surface area contributed by atoms with E-state index in [1.807, 2.05) is 0 Å². The lowest BCUT2D eigenvalue weighted by molar-refractivity contribution is -0.386. The minimum Gasteiger partial charge on any atom is -0.447 e. The van der Waals surface area contributed by atoms with Crippen LogP contribution in [-0.4, -0.2) is 10.0 Å². The number of hydrogen-bond donors (Lipinski definition) is 1. The molecule has 0 aliphatic heterocycles. The molecule has 0 unspecified atom stereocenters. The Morgan fingerprint density at radius 2 is 2.00 bits per heavy atom. The molecule has 104 valence electrons. The third kappa shape index (κ3) is 2.60. The van der Waals surface area contributed by atoms with Gasteiger partial charge in [0.2, 0.25) is 5.75 Å². The molecule has 0 amide bonds. The highest BCUT2D eigenvalue weighted by Gasteiger charge is 2.21. The number of nitro groups is 1. The van der Waals surface area contributed by atoms with E-state index in [2.05, 4.69) is 0 Å². The van der Waals surface area contributed by atoms with Crippen molar-refractivity contribution < 1.29 is 19.2 Å². The highest BCUT2D eigenvalue weighted by atomic mass is 19.1. The summed E-state index contributed by atoms with van der Waals surface area (Å²) in [5.41, 5.74) is 0.412. The number of nitrogens with zero attached hydrogens (tertiary/aromatic N) is 1. The molecule has 0 aliphatic carbocycles. The van der Waals surface area contributed by atoms with Crippen molar-refractivity contribution in [1.82, 2.24) is 0 Å². The number of aryl methyl sites for hydroxylation is 1. The van der Waals surface area contributed by atoms with E-state index in [0.29, 0.717) is 5.56 Å². The van der Waals surface area contributed by atoms with Crippen LogP contribution in [0.2, 0.25) is 0 Å². The summed E-state index contributed by atoms with van der Waals surface area (Å²) in [7, 11) is 0. The van der Waals surface area contributed by atoms with Crippen molar-refractivity contribution in [2.24, 2.45) is 0 Å². The van der Waals surface area contributed by atoms with Gasteiger partial charge in [0.25, 0.3) is 0 Å². The van der Waals surface area contributed by atoms with E-state index in [1.54, 1.807) is 19.1 Å². The third-order valence-corrected chi connectivity index (χ3v) is 2.81. The summed E-state index contributed by atoms with van der Waals surface area (Å²) in [5, 5.41) is 20.2. The number of aliphatic hydroxyl groups excluding tert-OH is 1. The topological polar surface area (TPSA) is 72.6 Å². The Labute approximate surface area is 114 Å². The zero-order valence-electron chi connectivity index (χ0n) is 10.7. The van der Waals surface area contributed by atoms with Gasteiger partial charge in [-0.05, 0) is 19.1 Å². The van der Waals surface area contributed by atoms with Gasteiger partial charge >= 0.3 is 5.69 Å². The zero-order valence-corrected chi connectivity index (χ0v) is 10.7. The first-order chi connectivity index (χ1) is 9.54. The molecule has 5 nitrogen and oxygen atoms in total. The van der Waals surface area contributed by atoms with Crippen molar-refractivity contribution in [3.05, 3.63) is 63.5 Å². The minimum atomic E-state index is -0.688. The number of ether oxygens (including phenoxy) is 1. The van der Waals surface area contributed by atoms with Gasteiger partial charge in [-0.3, -0.25) is 10.1 Å². The summed E-state index contributed by atoms with van der Waals surface area (Å²) in [6, 6.07) is 8.61. The van der Waals surface area contributed by atoms with Gasteiger partial charge in [-0.25, -0.2) is 4.39 Å². The predicted octanol–water partition coefficient (Wildman–Crippen LogP) is 3.33. The quantitative estimate of drug-likeness (QED) is 0.687. The van der Waals surface area contributed by atoms with Crippen molar-refractivity contribution >= 4 is 5.69 Å². The lowest BCUT2D eigenvalue weighted by Gasteiger charge is -2.11. The van der Waals surface area contributed by atoms with E-state index in [-0.39, 0.29) is 22.7 Å². The Balaban J connectivity index is 2.51. The molecule has 1 N–H and O–H groups in total. The minimum absolute atomic E-state index is 0.0604. The average molecular weight is 277 g/mol. The zero-order chi connectivity index (χ0) is 14.7. The molecule has 0 aromatic heterocycles. The Morgan fingerprint density at radius 3 is 2.65 bits per heavy atom. The standard InChI is InChI=1S/C14H12FNO4/c1-9-4-2-7-12(13(9)16(18)19)20-14-10(8-17)5-3-6-11(14)15/h2-7,17H,8H2,1H3. The van der Waals surface area contributed by atoms with Gasteiger partial charge in [0.15, 0.2) is 11.6 Å². The number of hydrogen-bond acceptors (Lipinski definition) is 4. The van der Waals surface area contributed by atoms with Crippen molar-refractivity contribution in [3.63, 3.8) is 0 Å². The highest BCUT2D eigenvalue weighted by molar-refractivity contribution is 5.54. The van der Waals surface area contributed by atoms with Gasteiger partial charge < -0.3 is 9.84 Å². The third-order valence-electron chi connectivity index (χ3n) is 2.81. The molecule has 20 heavy (non-hydrogen) atoms. The summed E-state index contributed by atoms with van der Waals surface area (Å²) < 4.78 is 19.1. The van der Waals surface area contributed by atoms with Gasteiger partial charge in [-0.1, -0.05) is 24.3 Å². The smallest absolute Gasteiger partial charge is 0.314 e. The van der Waals surface area contributed by atoms with Crippen LogP contribution >= 0.6 is 0 Å². The van der Waals surface area contributed by atoms with Gasteiger partial charge in [0.05, 0.1) is 11.5 Å². The number of para-hydroxylation sites is 2. The summed E-state index contributed by atoms with van der Waals surface area (Å²) >= 11 is 0. The molecule has 2 aromatic rings. The lowest BCUT2D eigenvalue weighted by Crippen LogP contribution is -1.99. The van der Waals surface area contributed by atoms with Crippen LogP contribution in [0.3, 0.4) is 0 Å². The molecule has 0 saturated heterocycles. The molecular weight excluding hydrogens is 265 g/mol. The first-order valence-electron chi connectivity index (χ1n) is 5.84. The maximum absolute atomic E-state index is 13.8. The first kappa shape index (κ1) is 14.0. The fraction of sp³-hybridized carbons (Fsp3) is 0.143. The van der Waals surface area contributed by atoms with E-state index in [1.165, 1.54) is 18.2 Å². The monoisotopic (exact) mass is 277 g/mol. The molecule has 0 aliphatic rings. The Hall–Kier alpha value is -2.47. The fourth-order valence-corrected chi connectivity index (χ4v) is 1.85. The average Bonchev–Trinajstić information content (AvgIpc) is 2.40. The van der Waals surface area contributed by atoms with Crippen LogP contribution in [0.15, 0.2) is 36.4 Å². The van der Waals surface area contributed by atoms with E-state index >= 15 is 0 Å². The number of halogens is 1. The second kappa shape index (κ2) is 5.66. The van der Waals surface area contributed by atoms with Crippen molar-refractivity contribution in [1.29, 1.82) is 0 Å². The second-order valence-corrected chi connectivity index (χ2v) is 4.17. The number of nitro benzene ring substituents is 1. The van der Waals surface area contributed by atoms with Crippen LogP contribution in [0.5, 0.6) is 11.5 Å². The van der Waals surface area contributed by atoms with Crippen LogP contribution in [0, 0.1) is 22.9 Å². The van der Waals surface area contributed by atoms with Gasteiger partial charge in [-0.15, -0.1) is 0 Å². The molecule has 0 bridgehead atoms. The second-order valence-electron chi connectivity index (χ2n) is 4.17. The normalized spacial score (nSPS) is 10.3. The van der Waals surface area contributed by atoms with Crippen LogP contribution < -0.4 is 4.74 Å². The number of aliphatic hydroxyl groups is 1. The van der Waals surface area contributed by atoms with E-state index in [0.717, 1.165) is 6.07 Å². The molecular formula is C14H12FNO4. The van der Waals surface area contributed by atoms with Gasteiger partial charge in [0.1, 0.15) is 0 Å². The fourth-order valence-electron chi connectivity index (χ4n) is 1.85. The van der Waals surface area contributed by atoms with Crippen LogP contribution in [0.1, 0.15) is 11.1 Å². The molecule has 0 heterocycles. The highest BCUT2D eigenvalue weighted by Crippen LogP contribution is 2.36. The Morgan fingerprint density at radius 1 is 1.30 bits per heavy atom. The number of benzene rings is 2. The summed E-state index contributed by atoms with van der Waals surface area (Å²) in [5.74, 6) is -0.953. The van der Waals surface area contributed by atoms with Crippen molar-refractivity contribution in [2.75, 3.05) is 0 Å². The van der Waals surface area contributed by atoms with Crippen molar-refractivity contribution in [3.8, 4) is 11.5 Å². The SMILES string of the molecule is Cc1cccc(Oc2c(F)cccc2CO)c1[N+](=O)[O-]. The first-order valence-corrected chi connectivity index (χ1v) is 5.84. The summed E-state index contributed by atoms with van der Waals surface area (Å²) in [6.07, 6.45) is 0. The summed E-state index contributed by atoms with van der Waals surface area (Å²) in [6.45, 7) is 1.14. The van der Waals surface area contributed by atoms with E-state index in [4.69, 9.17) is 4.74 Å². The Bertz CT molecular complexity index is 658. The predicted molar refractivity (Wildman–Crippen MR) is 70.2 cm³/mol. The van der Waals surface area contributed by atoms with E-state index in [9.17, 15) is 19.6 Å². The van der Waals surface area contributed by atoms with Crippen LogP contribution in [0.4, 0.5) is 10.1 Å². The number of rotatable bonds is 4. The van der Waals surface area contributed by atoms with Crippen LogP contribution in [-0.2, 0) is 6.61 Å². The maximum atomic E-state index is 13.8. The molecule has 6 heteroatoms. The molecule has 0 atom stereocenters. The Kier molecular flexibility index (Phi) is 3.95. The van der Waals surface area contributed by atoms with Gasteiger partial charge in [0, 0.05) is 11.1 Å².